The highest BCUT2D eigenvalue weighted by Gasteiger charge is 2.37. The molecule has 6 nitrogen and oxygen atoms in total. The van der Waals surface area contributed by atoms with E-state index in [2.05, 4.69) is 0 Å². The number of benzene rings is 3. The van der Waals surface area contributed by atoms with Crippen LogP contribution in [-0.2, 0) is 0 Å². The lowest BCUT2D eigenvalue weighted by Gasteiger charge is -2.28. The van der Waals surface area contributed by atoms with Gasteiger partial charge in [0.25, 0.3) is 17.7 Å². The molecule has 3 amide bonds. The Bertz CT molecular complexity index is 1160. The van der Waals surface area contributed by atoms with Crippen LogP contribution in [0.4, 0.5) is 5.69 Å². The van der Waals surface area contributed by atoms with Gasteiger partial charge in [0.1, 0.15) is 12.4 Å². The highest BCUT2D eigenvalue weighted by molar-refractivity contribution is 6.37. The second-order valence-corrected chi connectivity index (χ2v) is 7.63. The largest absolute Gasteiger partial charge is 0.497 e. The van der Waals surface area contributed by atoms with Crippen LogP contribution in [0.3, 0.4) is 0 Å². The number of rotatable bonds is 5. The zero-order chi connectivity index (χ0) is 22.1. The molecule has 156 valence electrons. The molecule has 4 rings (SSSR count). The molecule has 31 heavy (non-hydrogen) atoms. The van der Waals surface area contributed by atoms with E-state index >= 15 is 0 Å². The van der Waals surface area contributed by atoms with Crippen molar-refractivity contribution in [1.29, 1.82) is 0 Å². The summed E-state index contributed by atoms with van der Waals surface area (Å²) in [6.07, 6.45) is 0. The quantitative estimate of drug-likeness (QED) is 0.514. The van der Waals surface area contributed by atoms with Gasteiger partial charge in [-0.2, -0.15) is 0 Å². The molecule has 0 atom stereocenters. The van der Waals surface area contributed by atoms with Gasteiger partial charge in [0.2, 0.25) is 0 Å². The fourth-order valence-electron chi connectivity index (χ4n) is 3.35. The Labute approximate surface area is 188 Å². The summed E-state index contributed by atoms with van der Waals surface area (Å²) in [6.45, 7) is -0.307. The van der Waals surface area contributed by atoms with Crippen LogP contribution < -0.4 is 9.64 Å². The van der Waals surface area contributed by atoms with Crippen molar-refractivity contribution in [3.63, 3.8) is 0 Å². The molecule has 0 aliphatic carbocycles. The maximum atomic E-state index is 13.4. The molecular formula is C23H16Cl2N2O4. The third-order valence-electron chi connectivity index (χ3n) is 4.94. The SMILES string of the molecule is COc1ccc(C(=O)N(CN2C(=O)c3ccccc3C2=O)c2ccc(Cl)cc2Cl)cc1. The number of methoxy groups -OCH3 is 1. The average molecular weight is 455 g/mol. The van der Waals surface area contributed by atoms with Crippen molar-refractivity contribution in [2.45, 2.75) is 0 Å². The first-order chi connectivity index (χ1) is 14.9. The molecule has 0 saturated carbocycles. The standard InChI is InChI=1S/C23H16Cl2N2O4/c1-31-16-9-6-14(7-10-16)21(28)26(20-11-8-15(24)12-19(20)25)13-27-22(29)17-4-2-3-5-18(17)23(27)30/h2-12H,13H2,1H3. The van der Waals surface area contributed by atoms with E-state index in [4.69, 9.17) is 27.9 Å². The minimum absolute atomic E-state index is 0.214. The number of carbonyl (C=O) groups is 3. The van der Waals surface area contributed by atoms with Crippen molar-refractivity contribution in [3.05, 3.63) is 93.5 Å². The summed E-state index contributed by atoms with van der Waals surface area (Å²) in [5.74, 6) is -0.798. The number of amides is 3. The predicted molar refractivity (Wildman–Crippen MR) is 118 cm³/mol. The van der Waals surface area contributed by atoms with Gasteiger partial charge in [-0.15, -0.1) is 0 Å². The minimum atomic E-state index is -0.474. The number of anilines is 1. The van der Waals surface area contributed by atoms with Gasteiger partial charge < -0.3 is 4.74 Å². The lowest BCUT2D eigenvalue weighted by Crippen LogP contribution is -2.44. The Morgan fingerprint density at radius 2 is 1.55 bits per heavy atom. The summed E-state index contributed by atoms with van der Waals surface area (Å²) < 4.78 is 5.14. The van der Waals surface area contributed by atoms with Crippen molar-refractivity contribution < 1.29 is 19.1 Å². The first-order valence-corrected chi connectivity index (χ1v) is 10.0. The van der Waals surface area contributed by atoms with E-state index in [1.807, 2.05) is 0 Å². The molecule has 0 radical (unpaired) electrons. The summed E-state index contributed by atoms with van der Waals surface area (Å²) in [5, 5.41) is 0.609. The topological polar surface area (TPSA) is 66.9 Å². The number of hydrogen-bond acceptors (Lipinski definition) is 4. The summed E-state index contributed by atoms with van der Waals surface area (Å²) in [4.78, 5) is 41.4. The molecule has 1 aliphatic heterocycles. The zero-order valence-corrected chi connectivity index (χ0v) is 17.9. The maximum Gasteiger partial charge on any atom is 0.263 e. The number of ether oxygens (including phenoxy) is 1. The normalized spacial score (nSPS) is 12.7. The fourth-order valence-corrected chi connectivity index (χ4v) is 3.86. The van der Waals surface area contributed by atoms with Crippen molar-refractivity contribution in [1.82, 2.24) is 4.90 Å². The molecule has 1 aliphatic rings. The smallest absolute Gasteiger partial charge is 0.263 e. The van der Waals surface area contributed by atoms with E-state index in [-0.39, 0.29) is 11.7 Å². The Balaban J connectivity index is 1.73. The van der Waals surface area contributed by atoms with Gasteiger partial charge in [-0.1, -0.05) is 35.3 Å². The van der Waals surface area contributed by atoms with Gasteiger partial charge in [0.15, 0.2) is 0 Å². The summed E-state index contributed by atoms with van der Waals surface area (Å²) in [6, 6.07) is 17.7. The van der Waals surface area contributed by atoms with E-state index in [1.54, 1.807) is 60.7 Å². The molecule has 0 saturated heterocycles. The number of hydrogen-bond donors (Lipinski definition) is 0. The molecule has 3 aromatic carbocycles. The second-order valence-electron chi connectivity index (χ2n) is 6.78. The van der Waals surface area contributed by atoms with E-state index in [0.717, 1.165) is 4.90 Å². The van der Waals surface area contributed by atoms with Gasteiger partial charge in [-0.25, -0.2) is 0 Å². The number of nitrogens with zero attached hydrogens (tertiary/aromatic N) is 2. The highest BCUT2D eigenvalue weighted by Crippen LogP contribution is 2.32. The van der Waals surface area contributed by atoms with Crippen LogP contribution in [0.2, 0.25) is 10.0 Å². The summed E-state index contributed by atoms with van der Waals surface area (Å²) in [5.41, 5.74) is 1.25. The molecule has 0 bridgehead atoms. The van der Waals surface area contributed by atoms with Crippen molar-refractivity contribution in [3.8, 4) is 5.75 Å². The number of halogens is 2. The van der Waals surface area contributed by atoms with Crippen LogP contribution in [-0.4, -0.2) is 36.4 Å². The van der Waals surface area contributed by atoms with Crippen LogP contribution in [0.5, 0.6) is 5.75 Å². The van der Waals surface area contributed by atoms with Crippen molar-refractivity contribution >= 4 is 46.6 Å². The number of fused-ring (bicyclic) bond motifs is 1. The maximum absolute atomic E-state index is 13.4. The van der Waals surface area contributed by atoms with Gasteiger partial charge >= 0.3 is 0 Å². The van der Waals surface area contributed by atoms with Gasteiger partial charge in [0.05, 0.1) is 28.9 Å². The van der Waals surface area contributed by atoms with E-state index in [9.17, 15) is 14.4 Å². The summed E-state index contributed by atoms with van der Waals surface area (Å²) >= 11 is 12.4. The summed E-state index contributed by atoms with van der Waals surface area (Å²) in [7, 11) is 1.53. The lowest BCUT2D eigenvalue weighted by atomic mass is 10.1. The second kappa shape index (κ2) is 8.41. The monoisotopic (exact) mass is 454 g/mol. The number of carbonyl (C=O) groups excluding carboxylic acids is 3. The molecular weight excluding hydrogens is 439 g/mol. The Morgan fingerprint density at radius 3 is 2.10 bits per heavy atom. The van der Waals surface area contributed by atoms with Crippen LogP contribution in [0, 0.1) is 0 Å². The Morgan fingerprint density at radius 1 is 0.935 bits per heavy atom. The third kappa shape index (κ3) is 3.87. The fraction of sp³-hybridized carbons (Fsp3) is 0.0870. The minimum Gasteiger partial charge on any atom is -0.497 e. The Hall–Kier alpha value is -3.35. The zero-order valence-electron chi connectivity index (χ0n) is 16.3. The highest BCUT2D eigenvalue weighted by atomic mass is 35.5. The number of imide groups is 1. The van der Waals surface area contributed by atoms with Crippen molar-refractivity contribution in [2.24, 2.45) is 0 Å². The van der Waals surface area contributed by atoms with Gasteiger partial charge in [-0.05, 0) is 54.6 Å². The first kappa shape index (κ1) is 20.9. The molecule has 0 fully saturated rings. The van der Waals surface area contributed by atoms with E-state index in [1.165, 1.54) is 18.1 Å². The van der Waals surface area contributed by atoms with Crippen LogP contribution in [0.1, 0.15) is 31.1 Å². The first-order valence-electron chi connectivity index (χ1n) is 9.27. The molecule has 3 aromatic rings. The van der Waals surface area contributed by atoms with Crippen LogP contribution >= 0.6 is 23.2 Å². The van der Waals surface area contributed by atoms with E-state index in [0.29, 0.717) is 33.1 Å². The van der Waals surface area contributed by atoms with Crippen LogP contribution in [0.15, 0.2) is 66.7 Å². The molecule has 0 unspecified atom stereocenters. The molecule has 0 N–H and O–H groups in total. The Kier molecular flexibility index (Phi) is 5.67. The van der Waals surface area contributed by atoms with Crippen LogP contribution in [0.25, 0.3) is 0 Å². The van der Waals surface area contributed by atoms with Gasteiger partial charge in [-0.3, -0.25) is 24.2 Å². The predicted octanol–water partition coefficient (Wildman–Crippen LogP) is 4.90. The van der Waals surface area contributed by atoms with Crippen molar-refractivity contribution in [2.75, 3.05) is 18.7 Å². The third-order valence-corrected chi connectivity index (χ3v) is 5.48. The average Bonchev–Trinajstić information content (AvgIpc) is 3.02. The molecule has 8 heteroatoms. The van der Waals surface area contributed by atoms with E-state index < -0.39 is 17.7 Å². The lowest BCUT2D eigenvalue weighted by molar-refractivity contribution is 0.0650. The molecule has 0 aromatic heterocycles. The molecule has 0 spiro atoms. The van der Waals surface area contributed by atoms with Gasteiger partial charge in [0, 0.05) is 10.6 Å². The molecule has 1 heterocycles.